The second-order valence-electron chi connectivity index (χ2n) is 5.47. The predicted molar refractivity (Wildman–Crippen MR) is 95.7 cm³/mol. The zero-order chi connectivity index (χ0) is 17.9. The molecule has 2 aromatic carbocycles. The van der Waals surface area contributed by atoms with Gasteiger partial charge in [-0.1, -0.05) is 36.9 Å². The van der Waals surface area contributed by atoms with Crippen molar-refractivity contribution in [2.45, 2.75) is 19.3 Å². The molecule has 0 bridgehead atoms. The summed E-state index contributed by atoms with van der Waals surface area (Å²) in [5.41, 5.74) is 1.79. The summed E-state index contributed by atoms with van der Waals surface area (Å²) < 4.78 is 15.7. The summed E-state index contributed by atoms with van der Waals surface area (Å²) in [5, 5.41) is 17.5. The van der Waals surface area contributed by atoms with Gasteiger partial charge in [-0.3, -0.25) is 0 Å². The summed E-state index contributed by atoms with van der Waals surface area (Å²) in [4.78, 5) is 0. The van der Waals surface area contributed by atoms with Gasteiger partial charge in [0.2, 0.25) is 0 Å². The van der Waals surface area contributed by atoms with Crippen molar-refractivity contribution in [3.05, 3.63) is 72.3 Å². The fourth-order valence-electron chi connectivity index (χ4n) is 1.89. The van der Waals surface area contributed by atoms with Gasteiger partial charge >= 0.3 is 0 Å². The molecule has 1 fully saturated rings. The molecule has 0 aromatic heterocycles. The van der Waals surface area contributed by atoms with Crippen LogP contribution in [-0.2, 0) is 18.0 Å². The smallest absolute Gasteiger partial charge is 0.119 e. The third-order valence-corrected chi connectivity index (χ3v) is 3.42. The van der Waals surface area contributed by atoms with Crippen LogP contribution in [0.25, 0.3) is 0 Å². The molecule has 1 atom stereocenters. The Morgan fingerprint density at radius 1 is 0.920 bits per heavy atom. The second kappa shape index (κ2) is 10.5. The minimum Gasteiger partial charge on any atom is -0.491 e. The first kappa shape index (κ1) is 19.0. The van der Waals surface area contributed by atoms with E-state index in [1.165, 1.54) is 0 Å². The monoisotopic (exact) mass is 344 g/mol. The van der Waals surface area contributed by atoms with Crippen LogP contribution in [0.5, 0.6) is 11.5 Å². The molecule has 2 N–H and O–H groups in total. The lowest BCUT2D eigenvalue weighted by Crippen LogP contribution is -2.03. The van der Waals surface area contributed by atoms with Crippen molar-refractivity contribution >= 4 is 0 Å². The number of rotatable bonds is 8. The quantitative estimate of drug-likeness (QED) is 0.569. The van der Waals surface area contributed by atoms with Gasteiger partial charge in [0.1, 0.15) is 30.8 Å². The first-order valence-electron chi connectivity index (χ1n) is 8.13. The van der Waals surface area contributed by atoms with Crippen LogP contribution in [0.3, 0.4) is 0 Å². The lowest BCUT2D eigenvalue weighted by Gasteiger charge is -2.03. The van der Waals surface area contributed by atoms with Gasteiger partial charge in [-0.2, -0.15) is 0 Å². The van der Waals surface area contributed by atoms with Crippen LogP contribution in [0.2, 0.25) is 0 Å². The summed E-state index contributed by atoms with van der Waals surface area (Å²) in [5.74, 6) is 1.62. The highest BCUT2D eigenvalue weighted by atomic mass is 16.6. The highest BCUT2D eigenvalue weighted by Gasteiger charge is 2.22. The normalized spacial score (nSPS) is 14.9. The molecule has 0 aliphatic carbocycles. The Hall–Kier alpha value is -2.34. The average Bonchev–Trinajstić information content (AvgIpc) is 3.50. The molecule has 1 saturated heterocycles. The van der Waals surface area contributed by atoms with E-state index >= 15 is 0 Å². The molecule has 0 radical (unpaired) electrons. The third-order valence-electron chi connectivity index (χ3n) is 3.42. The van der Waals surface area contributed by atoms with E-state index in [9.17, 15) is 0 Å². The number of hydrogen-bond acceptors (Lipinski definition) is 5. The Balaban J connectivity index is 0.000000181. The largest absolute Gasteiger partial charge is 0.491 e. The number of epoxide rings is 1. The summed E-state index contributed by atoms with van der Waals surface area (Å²) >= 11 is 0. The summed E-state index contributed by atoms with van der Waals surface area (Å²) in [6.07, 6.45) is 1.98. The Labute approximate surface area is 148 Å². The van der Waals surface area contributed by atoms with Crippen molar-refractivity contribution < 1.29 is 24.4 Å². The van der Waals surface area contributed by atoms with Gasteiger partial charge in [-0.15, -0.1) is 0 Å². The van der Waals surface area contributed by atoms with Gasteiger partial charge < -0.3 is 24.4 Å². The van der Waals surface area contributed by atoms with E-state index in [1.54, 1.807) is 6.08 Å². The fraction of sp³-hybridized carbons (Fsp3) is 0.300. The Morgan fingerprint density at radius 2 is 1.40 bits per heavy atom. The maximum Gasteiger partial charge on any atom is 0.119 e. The molecule has 1 aliphatic heterocycles. The zero-order valence-corrected chi connectivity index (χ0v) is 14.1. The molecular formula is C20H24O5. The number of aliphatic hydroxyl groups is 2. The van der Waals surface area contributed by atoms with Crippen LogP contribution in [-0.4, -0.2) is 36.1 Å². The Morgan fingerprint density at radius 3 is 1.80 bits per heavy atom. The van der Waals surface area contributed by atoms with Gasteiger partial charge in [-0.05, 0) is 35.4 Å². The molecule has 0 amide bonds. The maximum atomic E-state index is 8.80. The minimum atomic E-state index is 0.0712. The average molecular weight is 344 g/mol. The number of ether oxygens (including phenoxy) is 3. The van der Waals surface area contributed by atoms with E-state index in [2.05, 4.69) is 6.58 Å². The van der Waals surface area contributed by atoms with Crippen LogP contribution in [0.1, 0.15) is 11.1 Å². The summed E-state index contributed by atoms with van der Waals surface area (Å²) in [6.45, 7) is 5.64. The van der Waals surface area contributed by atoms with Gasteiger partial charge in [0, 0.05) is 0 Å². The van der Waals surface area contributed by atoms with Gasteiger partial charge in [-0.25, -0.2) is 0 Å². The van der Waals surface area contributed by atoms with E-state index in [0.29, 0.717) is 13.2 Å². The first-order valence-corrected chi connectivity index (χ1v) is 8.13. The van der Waals surface area contributed by atoms with E-state index in [4.69, 9.17) is 24.4 Å². The highest BCUT2D eigenvalue weighted by Crippen LogP contribution is 2.15. The van der Waals surface area contributed by atoms with Gasteiger partial charge in [0.25, 0.3) is 0 Å². The Kier molecular flexibility index (Phi) is 7.98. The van der Waals surface area contributed by atoms with E-state index in [-0.39, 0.29) is 19.3 Å². The molecule has 5 nitrogen and oxygen atoms in total. The third kappa shape index (κ3) is 7.39. The van der Waals surface area contributed by atoms with Crippen LogP contribution in [0.15, 0.2) is 61.2 Å². The molecule has 1 unspecified atom stereocenters. The standard InChI is InChI=1S/C10H12O3.C10H12O2/c11-5-8-1-3-9(4-2-8)12-6-10-7-13-10;1-2-7-12-10-5-3-9(8-11)4-6-10/h1-4,10-11H,5-7H2;2-6,11H,1,7-8H2. The number of benzene rings is 2. The highest BCUT2D eigenvalue weighted by molar-refractivity contribution is 5.27. The van der Waals surface area contributed by atoms with E-state index in [0.717, 1.165) is 29.2 Å². The number of hydrogen-bond donors (Lipinski definition) is 2. The molecule has 3 rings (SSSR count). The molecule has 1 heterocycles. The maximum absolute atomic E-state index is 8.80. The number of aliphatic hydroxyl groups excluding tert-OH is 2. The molecule has 5 heteroatoms. The lowest BCUT2D eigenvalue weighted by atomic mass is 10.2. The van der Waals surface area contributed by atoms with Crippen molar-refractivity contribution in [1.82, 2.24) is 0 Å². The van der Waals surface area contributed by atoms with Crippen LogP contribution < -0.4 is 9.47 Å². The summed E-state index contributed by atoms with van der Waals surface area (Å²) in [6, 6.07) is 14.7. The van der Waals surface area contributed by atoms with Gasteiger partial charge in [0.05, 0.1) is 19.8 Å². The van der Waals surface area contributed by atoms with Crippen LogP contribution in [0, 0.1) is 0 Å². The topological polar surface area (TPSA) is 71.5 Å². The van der Waals surface area contributed by atoms with E-state index < -0.39 is 0 Å². The van der Waals surface area contributed by atoms with Crippen molar-refractivity contribution in [1.29, 1.82) is 0 Å². The SMILES string of the molecule is C=CCOc1ccc(CO)cc1.OCc1ccc(OCC2CO2)cc1. The molecule has 2 aromatic rings. The van der Waals surface area contributed by atoms with E-state index in [1.807, 2.05) is 48.5 Å². The first-order chi connectivity index (χ1) is 12.2. The molecular weight excluding hydrogens is 320 g/mol. The molecule has 25 heavy (non-hydrogen) atoms. The zero-order valence-electron chi connectivity index (χ0n) is 14.1. The second-order valence-corrected chi connectivity index (χ2v) is 5.47. The fourth-order valence-corrected chi connectivity index (χ4v) is 1.89. The lowest BCUT2D eigenvalue weighted by molar-refractivity contribution is 0.262. The minimum absolute atomic E-state index is 0.0712. The summed E-state index contributed by atoms with van der Waals surface area (Å²) in [7, 11) is 0. The van der Waals surface area contributed by atoms with Crippen molar-refractivity contribution in [3.63, 3.8) is 0 Å². The molecule has 0 saturated carbocycles. The van der Waals surface area contributed by atoms with Crippen molar-refractivity contribution in [2.75, 3.05) is 19.8 Å². The predicted octanol–water partition coefficient (Wildman–Crippen LogP) is 2.70. The molecule has 0 spiro atoms. The van der Waals surface area contributed by atoms with Crippen LogP contribution in [0.4, 0.5) is 0 Å². The molecule has 134 valence electrons. The molecule has 1 aliphatic rings. The van der Waals surface area contributed by atoms with Gasteiger partial charge in [0.15, 0.2) is 0 Å². The van der Waals surface area contributed by atoms with Crippen molar-refractivity contribution in [2.24, 2.45) is 0 Å². The van der Waals surface area contributed by atoms with Crippen molar-refractivity contribution in [3.8, 4) is 11.5 Å². The van der Waals surface area contributed by atoms with Crippen LogP contribution >= 0.6 is 0 Å². The Bertz CT molecular complexity index is 618.